The first-order chi connectivity index (χ1) is 9.22. The van der Waals surface area contributed by atoms with Gasteiger partial charge in [0.25, 0.3) is 0 Å². The van der Waals surface area contributed by atoms with E-state index in [1.165, 1.54) is 15.4 Å². The number of aromatic nitrogens is 1. The maximum atomic E-state index is 5.17. The van der Waals surface area contributed by atoms with Gasteiger partial charge >= 0.3 is 0 Å². The molecule has 4 heteroatoms. The zero-order chi connectivity index (χ0) is 13.7. The van der Waals surface area contributed by atoms with Gasteiger partial charge in [0.2, 0.25) is 0 Å². The highest BCUT2D eigenvalue weighted by Gasteiger charge is 2.07. The molecule has 2 rings (SSSR count). The number of ether oxygens (including phenoxy) is 1. The van der Waals surface area contributed by atoms with Crippen LogP contribution in [0.5, 0.6) is 5.75 Å². The predicted molar refractivity (Wildman–Crippen MR) is 80.0 cm³/mol. The number of methoxy groups -OCH3 is 1. The van der Waals surface area contributed by atoms with Crippen LogP contribution >= 0.6 is 11.3 Å². The molecule has 1 aromatic carbocycles. The molecular weight excluding hydrogens is 256 g/mol. The molecule has 19 heavy (non-hydrogen) atoms. The summed E-state index contributed by atoms with van der Waals surface area (Å²) in [6, 6.07) is 8.18. The average Bonchev–Trinajstić information content (AvgIpc) is 2.77. The predicted octanol–water partition coefficient (Wildman–Crippen LogP) is 3.16. The van der Waals surface area contributed by atoms with Crippen molar-refractivity contribution in [1.29, 1.82) is 0 Å². The van der Waals surface area contributed by atoms with Crippen LogP contribution in [0.4, 0.5) is 0 Å². The first kappa shape index (κ1) is 14.0. The number of hydrogen-bond acceptors (Lipinski definition) is 4. The second-order valence-electron chi connectivity index (χ2n) is 4.42. The fourth-order valence-corrected chi connectivity index (χ4v) is 2.96. The number of benzene rings is 1. The maximum Gasteiger partial charge on any atom is 0.118 e. The van der Waals surface area contributed by atoms with Gasteiger partial charge in [0.15, 0.2) is 0 Å². The normalized spacial score (nSPS) is 10.7. The lowest BCUT2D eigenvalue weighted by molar-refractivity contribution is 0.414. The number of nitrogens with one attached hydrogen (secondary N) is 1. The molecule has 0 radical (unpaired) electrons. The van der Waals surface area contributed by atoms with E-state index in [0.29, 0.717) is 0 Å². The summed E-state index contributed by atoms with van der Waals surface area (Å²) in [5.41, 5.74) is 2.42. The lowest BCUT2D eigenvalue weighted by Gasteiger charge is -2.01. The highest BCUT2D eigenvalue weighted by Crippen LogP contribution is 2.21. The summed E-state index contributed by atoms with van der Waals surface area (Å²) >= 11 is 1.80. The SMILES string of the molecule is CCNCc1sc(Cc2ccc(OC)cc2)nc1C. The van der Waals surface area contributed by atoms with Crippen LogP contribution in [0.25, 0.3) is 0 Å². The average molecular weight is 276 g/mol. The largest absolute Gasteiger partial charge is 0.497 e. The van der Waals surface area contributed by atoms with Crippen LogP contribution in [-0.2, 0) is 13.0 Å². The van der Waals surface area contributed by atoms with E-state index in [9.17, 15) is 0 Å². The van der Waals surface area contributed by atoms with E-state index in [-0.39, 0.29) is 0 Å². The summed E-state index contributed by atoms with van der Waals surface area (Å²) in [7, 11) is 1.69. The topological polar surface area (TPSA) is 34.1 Å². The molecule has 2 aromatic rings. The quantitative estimate of drug-likeness (QED) is 0.880. The first-order valence-corrected chi connectivity index (χ1v) is 7.33. The molecule has 0 fully saturated rings. The van der Waals surface area contributed by atoms with Crippen LogP contribution in [0, 0.1) is 6.92 Å². The molecule has 0 spiro atoms. The molecule has 3 nitrogen and oxygen atoms in total. The van der Waals surface area contributed by atoms with Crippen LogP contribution in [-0.4, -0.2) is 18.6 Å². The molecule has 0 aliphatic carbocycles. The Balaban J connectivity index is 2.05. The van der Waals surface area contributed by atoms with E-state index in [0.717, 1.165) is 31.0 Å². The standard InChI is InChI=1S/C15H20N2OS/c1-4-16-10-14-11(2)17-15(19-14)9-12-5-7-13(18-3)8-6-12/h5-8,16H,4,9-10H2,1-3H3. The van der Waals surface area contributed by atoms with Crippen molar-refractivity contribution in [3.05, 3.63) is 45.4 Å². The van der Waals surface area contributed by atoms with Crippen molar-refractivity contribution in [3.8, 4) is 5.75 Å². The van der Waals surface area contributed by atoms with Crippen molar-refractivity contribution in [2.75, 3.05) is 13.7 Å². The van der Waals surface area contributed by atoms with E-state index in [2.05, 4.69) is 36.3 Å². The summed E-state index contributed by atoms with van der Waals surface area (Å²) in [5.74, 6) is 0.895. The molecule has 0 aliphatic rings. The first-order valence-electron chi connectivity index (χ1n) is 6.51. The second-order valence-corrected chi connectivity index (χ2v) is 5.59. The van der Waals surface area contributed by atoms with Gasteiger partial charge in [0, 0.05) is 17.8 Å². The van der Waals surface area contributed by atoms with Gasteiger partial charge < -0.3 is 10.1 Å². The molecule has 0 bridgehead atoms. The van der Waals surface area contributed by atoms with E-state index in [1.54, 1.807) is 18.4 Å². The van der Waals surface area contributed by atoms with Gasteiger partial charge in [-0.15, -0.1) is 11.3 Å². The summed E-state index contributed by atoms with van der Waals surface area (Å²) in [6.45, 7) is 6.11. The Labute approximate surface area is 118 Å². The van der Waals surface area contributed by atoms with Gasteiger partial charge in [-0.2, -0.15) is 0 Å². The molecule has 0 atom stereocenters. The van der Waals surface area contributed by atoms with E-state index in [4.69, 9.17) is 4.74 Å². The van der Waals surface area contributed by atoms with E-state index in [1.807, 2.05) is 12.1 Å². The van der Waals surface area contributed by atoms with Gasteiger partial charge in [-0.25, -0.2) is 4.98 Å². The fraction of sp³-hybridized carbons (Fsp3) is 0.400. The number of thiazole rings is 1. The molecular formula is C15H20N2OS. The third-order valence-electron chi connectivity index (χ3n) is 2.99. The second kappa shape index (κ2) is 6.68. The zero-order valence-corrected chi connectivity index (χ0v) is 12.5. The van der Waals surface area contributed by atoms with Crippen molar-refractivity contribution in [2.24, 2.45) is 0 Å². The summed E-state index contributed by atoms with van der Waals surface area (Å²) in [5, 5.41) is 4.53. The molecule has 0 amide bonds. The highest BCUT2D eigenvalue weighted by molar-refractivity contribution is 7.11. The van der Waals surface area contributed by atoms with Gasteiger partial charge in [-0.3, -0.25) is 0 Å². The summed E-state index contributed by atoms with van der Waals surface area (Å²) in [6.07, 6.45) is 0.891. The summed E-state index contributed by atoms with van der Waals surface area (Å²) < 4.78 is 5.17. The van der Waals surface area contributed by atoms with Crippen LogP contribution in [0.3, 0.4) is 0 Å². The summed E-state index contributed by atoms with van der Waals surface area (Å²) in [4.78, 5) is 5.99. The Kier molecular flexibility index (Phi) is 4.93. The van der Waals surface area contributed by atoms with Crippen LogP contribution < -0.4 is 10.1 Å². The lowest BCUT2D eigenvalue weighted by atomic mass is 10.1. The Morgan fingerprint density at radius 3 is 2.63 bits per heavy atom. The molecule has 102 valence electrons. The fourth-order valence-electron chi connectivity index (χ4n) is 1.88. The van der Waals surface area contributed by atoms with Crippen molar-refractivity contribution < 1.29 is 4.74 Å². The Morgan fingerprint density at radius 2 is 2.00 bits per heavy atom. The number of hydrogen-bond donors (Lipinski definition) is 1. The number of aryl methyl sites for hydroxylation is 1. The minimum absolute atomic E-state index is 0.891. The van der Waals surface area contributed by atoms with Crippen molar-refractivity contribution >= 4 is 11.3 Å². The van der Waals surface area contributed by atoms with Crippen molar-refractivity contribution in [3.63, 3.8) is 0 Å². The van der Waals surface area contributed by atoms with Crippen molar-refractivity contribution in [1.82, 2.24) is 10.3 Å². The van der Waals surface area contributed by atoms with Gasteiger partial charge in [-0.1, -0.05) is 19.1 Å². The van der Waals surface area contributed by atoms with Gasteiger partial charge in [0.05, 0.1) is 17.8 Å². The lowest BCUT2D eigenvalue weighted by Crippen LogP contribution is -2.11. The monoisotopic (exact) mass is 276 g/mol. The van der Waals surface area contributed by atoms with E-state index < -0.39 is 0 Å². The molecule has 0 aliphatic heterocycles. The molecule has 0 unspecified atom stereocenters. The number of rotatable bonds is 6. The minimum Gasteiger partial charge on any atom is -0.497 e. The Bertz CT molecular complexity index is 519. The Hall–Kier alpha value is -1.39. The van der Waals surface area contributed by atoms with Crippen LogP contribution in [0.15, 0.2) is 24.3 Å². The third-order valence-corrected chi connectivity index (χ3v) is 4.14. The maximum absolute atomic E-state index is 5.17. The Morgan fingerprint density at radius 1 is 1.26 bits per heavy atom. The molecule has 0 saturated carbocycles. The third kappa shape index (κ3) is 3.78. The smallest absolute Gasteiger partial charge is 0.118 e. The molecule has 1 heterocycles. The zero-order valence-electron chi connectivity index (χ0n) is 11.7. The van der Waals surface area contributed by atoms with E-state index >= 15 is 0 Å². The van der Waals surface area contributed by atoms with Gasteiger partial charge in [0.1, 0.15) is 5.75 Å². The molecule has 1 N–H and O–H groups in total. The van der Waals surface area contributed by atoms with Crippen LogP contribution in [0.1, 0.15) is 28.1 Å². The van der Waals surface area contributed by atoms with Gasteiger partial charge in [-0.05, 0) is 31.2 Å². The van der Waals surface area contributed by atoms with Crippen LogP contribution in [0.2, 0.25) is 0 Å². The molecule has 1 aromatic heterocycles. The van der Waals surface area contributed by atoms with Crippen molar-refractivity contribution in [2.45, 2.75) is 26.8 Å². The highest BCUT2D eigenvalue weighted by atomic mass is 32.1. The number of nitrogens with zero attached hydrogens (tertiary/aromatic N) is 1. The minimum atomic E-state index is 0.891. The molecule has 0 saturated heterocycles.